The van der Waals surface area contributed by atoms with Crippen LogP contribution in [0, 0.1) is 0 Å². The van der Waals surface area contributed by atoms with Crippen molar-refractivity contribution in [3.05, 3.63) is 0 Å². The molecule has 0 aliphatic carbocycles. The molecule has 0 amide bonds. The van der Waals surface area contributed by atoms with Gasteiger partial charge in [0.05, 0.1) is 13.2 Å². The molecule has 1 rings (SSSR count). The first-order valence-electron chi connectivity index (χ1n) is 5.70. The van der Waals surface area contributed by atoms with Crippen LogP contribution >= 0.6 is 0 Å². The molecule has 1 heterocycles. The lowest BCUT2D eigenvalue weighted by Gasteiger charge is -2.28. The molecule has 1 aliphatic rings. The molecule has 84 valence electrons. The predicted octanol–water partition coefficient (Wildman–Crippen LogP) is 1.05. The summed E-state index contributed by atoms with van der Waals surface area (Å²) in [6.45, 7) is 11.0. The topological polar surface area (TPSA) is 15.7 Å². The molecule has 0 atom stereocenters. The Hall–Kier alpha value is -0.120. The Kier molecular flexibility index (Phi) is 5.45. The molecule has 0 spiro atoms. The third kappa shape index (κ3) is 4.40. The van der Waals surface area contributed by atoms with Crippen molar-refractivity contribution >= 4 is 0 Å². The Morgan fingerprint density at radius 2 is 1.93 bits per heavy atom. The summed E-state index contributed by atoms with van der Waals surface area (Å²) >= 11 is 0. The van der Waals surface area contributed by atoms with Gasteiger partial charge in [-0.05, 0) is 40.4 Å². The van der Waals surface area contributed by atoms with Gasteiger partial charge >= 0.3 is 0 Å². The average Bonchev–Trinajstić information content (AvgIpc) is 2.19. The highest BCUT2D eigenvalue weighted by atomic mass is 16.5. The van der Waals surface area contributed by atoms with Gasteiger partial charge in [-0.25, -0.2) is 0 Å². The van der Waals surface area contributed by atoms with E-state index in [1.165, 1.54) is 19.5 Å². The third-order valence-electron chi connectivity index (χ3n) is 2.97. The van der Waals surface area contributed by atoms with Crippen LogP contribution < -0.4 is 0 Å². The number of hydrogen-bond acceptors (Lipinski definition) is 3. The molecule has 14 heavy (non-hydrogen) atoms. The Morgan fingerprint density at radius 3 is 2.50 bits per heavy atom. The van der Waals surface area contributed by atoms with Crippen LogP contribution in [0.15, 0.2) is 0 Å². The van der Waals surface area contributed by atoms with Crippen molar-refractivity contribution in [1.29, 1.82) is 0 Å². The van der Waals surface area contributed by atoms with Crippen molar-refractivity contribution in [3.8, 4) is 0 Å². The van der Waals surface area contributed by atoms with E-state index in [-0.39, 0.29) is 0 Å². The molecule has 0 aromatic rings. The van der Waals surface area contributed by atoms with E-state index in [4.69, 9.17) is 4.74 Å². The smallest absolute Gasteiger partial charge is 0.0594 e. The van der Waals surface area contributed by atoms with Crippen LogP contribution in [0.25, 0.3) is 0 Å². The van der Waals surface area contributed by atoms with Crippen LogP contribution in [0.3, 0.4) is 0 Å². The summed E-state index contributed by atoms with van der Waals surface area (Å²) in [5, 5.41) is 0. The van der Waals surface area contributed by atoms with Crippen LogP contribution in [0.5, 0.6) is 0 Å². The van der Waals surface area contributed by atoms with E-state index in [0.29, 0.717) is 6.04 Å². The molecular formula is C11H24N2O. The number of nitrogens with zero attached hydrogens (tertiary/aromatic N) is 2. The van der Waals surface area contributed by atoms with Crippen molar-refractivity contribution in [3.63, 3.8) is 0 Å². The first-order valence-corrected chi connectivity index (χ1v) is 5.70. The van der Waals surface area contributed by atoms with Gasteiger partial charge in [0, 0.05) is 19.1 Å². The SMILES string of the molecule is CC(C)N(C)CCCN1CCOCC1. The summed E-state index contributed by atoms with van der Waals surface area (Å²) in [7, 11) is 2.20. The largest absolute Gasteiger partial charge is 0.379 e. The fraction of sp³-hybridized carbons (Fsp3) is 1.00. The standard InChI is InChI=1S/C11H24N2O/c1-11(2)12(3)5-4-6-13-7-9-14-10-8-13/h11H,4-10H2,1-3H3. The number of rotatable bonds is 5. The second kappa shape index (κ2) is 6.38. The van der Waals surface area contributed by atoms with Gasteiger partial charge in [0.1, 0.15) is 0 Å². The third-order valence-corrected chi connectivity index (χ3v) is 2.97. The molecule has 0 aromatic heterocycles. The summed E-state index contributed by atoms with van der Waals surface area (Å²) < 4.78 is 5.31. The molecule has 0 saturated carbocycles. The molecule has 0 bridgehead atoms. The first kappa shape index (κ1) is 12.0. The lowest BCUT2D eigenvalue weighted by molar-refractivity contribution is 0.0361. The molecule has 0 aromatic carbocycles. The van der Waals surface area contributed by atoms with E-state index in [2.05, 4.69) is 30.7 Å². The highest BCUT2D eigenvalue weighted by Gasteiger charge is 2.10. The molecule has 3 nitrogen and oxygen atoms in total. The van der Waals surface area contributed by atoms with Gasteiger partial charge in [-0.15, -0.1) is 0 Å². The second-order valence-corrected chi connectivity index (χ2v) is 4.38. The van der Waals surface area contributed by atoms with Crippen LogP contribution in [-0.4, -0.2) is 62.3 Å². The van der Waals surface area contributed by atoms with E-state index in [0.717, 1.165) is 26.3 Å². The Labute approximate surface area is 88.0 Å². The fourth-order valence-electron chi connectivity index (χ4n) is 1.63. The highest BCUT2D eigenvalue weighted by Crippen LogP contribution is 2.00. The van der Waals surface area contributed by atoms with Crippen LogP contribution in [0.1, 0.15) is 20.3 Å². The molecule has 0 radical (unpaired) electrons. The van der Waals surface area contributed by atoms with Gasteiger partial charge in [0.25, 0.3) is 0 Å². The van der Waals surface area contributed by atoms with Crippen molar-refractivity contribution in [1.82, 2.24) is 9.80 Å². The summed E-state index contributed by atoms with van der Waals surface area (Å²) in [5.74, 6) is 0. The fourth-order valence-corrected chi connectivity index (χ4v) is 1.63. The minimum absolute atomic E-state index is 0.666. The lowest BCUT2D eigenvalue weighted by atomic mass is 10.3. The Balaban J connectivity index is 2.02. The van der Waals surface area contributed by atoms with E-state index in [1.54, 1.807) is 0 Å². The zero-order valence-corrected chi connectivity index (χ0v) is 9.83. The molecule has 3 heteroatoms. The second-order valence-electron chi connectivity index (χ2n) is 4.38. The van der Waals surface area contributed by atoms with E-state index < -0.39 is 0 Å². The summed E-state index contributed by atoms with van der Waals surface area (Å²) in [6.07, 6.45) is 1.27. The zero-order valence-electron chi connectivity index (χ0n) is 9.83. The van der Waals surface area contributed by atoms with E-state index >= 15 is 0 Å². The Morgan fingerprint density at radius 1 is 1.29 bits per heavy atom. The van der Waals surface area contributed by atoms with Gasteiger partial charge in [0.2, 0.25) is 0 Å². The average molecular weight is 200 g/mol. The molecule has 1 fully saturated rings. The maximum atomic E-state index is 5.31. The number of ether oxygens (including phenoxy) is 1. The quantitative estimate of drug-likeness (QED) is 0.660. The van der Waals surface area contributed by atoms with Gasteiger partial charge in [-0.2, -0.15) is 0 Å². The van der Waals surface area contributed by atoms with Gasteiger partial charge in [0.15, 0.2) is 0 Å². The monoisotopic (exact) mass is 200 g/mol. The Bertz CT molecular complexity index is 144. The minimum Gasteiger partial charge on any atom is -0.379 e. The zero-order chi connectivity index (χ0) is 10.4. The molecular weight excluding hydrogens is 176 g/mol. The van der Waals surface area contributed by atoms with Crippen molar-refractivity contribution in [2.24, 2.45) is 0 Å². The highest BCUT2D eigenvalue weighted by molar-refractivity contribution is 4.64. The summed E-state index contributed by atoms with van der Waals surface area (Å²) in [4.78, 5) is 4.90. The van der Waals surface area contributed by atoms with Gasteiger partial charge in [-0.3, -0.25) is 4.90 Å². The maximum Gasteiger partial charge on any atom is 0.0594 e. The summed E-state index contributed by atoms with van der Waals surface area (Å²) in [6, 6.07) is 0.666. The van der Waals surface area contributed by atoms with Crippen LogP contribution in [0.4, 0.5) is 0 Å². The number of hydrogen-bond donors (Lipinski definition) is 0. The maximum absolute atomic E-state index is 5.31. The van der Waals surface area contributed by atoms with Crippen molar-refractivity contribution in [2.45, 2.75) is 26.3 Å². The van der Waals surface area contributed by atoms with Crippen molar-refractivity contribution in [2.75, 3.05) is 46.4 Å². The van der Waals surface area contributed by atoms with Gasteiger partial charge < -0.3 is 9.64 Å². The molecule has 1 aliphatic heterocycles. The number of morpholine rings is 1. The van der Waals surface area contributed by atoms with Crippen LogP contribution in [0.2, 0.25) is 0 Å². The first-order chi connectivity index (χ1) is 6.70. The van der Waals surface area contributed by atoms with Crippen molar-refractivity contribution < 1.29 is 4.74 Å². The van der Waals surface area contributed by atoms with Crippen LogP contribution in [-0.2, 0) is 4.74 Å². The molecule has 0 unspecified atom stereocenters. The normalized spacial score (nSPS) is 19.5. The summed E-state index contributed by atoms with van der Waals surface area (Å²) in [5.41, 5.74) is 0. The molecule has 0 N–H and O–H groups in total. The van der Waals surface area contributed by atoms with E-state index in [1.807, 2.05) is 0 Å². The lowest BCUT2D eigenvalue weighted by Crippen LogP contribution is -2.38. The predicted molar refractivity (Wildman–Crippen MR) is 59.6 cm³/mol. The minimum atomic E-state index is 0.666. The van der Waals surface area contributed by atoms with E-state index in [9.17, 15) is 0 Å². The molecule has 1 saturated heterocycles. The van der Waals surface area contributed by atoms with Gasteiger partial charge in [-0.1, -0.05) is 0 Å².